The lowest BCUT2D eigenvalue weighted by Gasteiger charge is -2.10. The van der Waals surface area contributed by atoms with Gasteiger partial charge in [0.15, 0.2) is 0 Å². The van der Waals surface area contributed by atoms with Crippen molar-refractivity contribution in [1.82, 2.24) is 9.55 Å². The van der Waals surface area contributed by atoms with Crippen LogP contribution in [0.2, 0.25) is 5.02 Å². The number of nitrogens with zero attached hydrogens (tertiary/aromatic N) is 2. The van der Waals surface area contributed by atoms with Gasteiger partial charge >= 0.3 is 0 Å². The van der Waals surface area contributed by atoms with Crippen molar-refractivity contribution < 1.29 is 8.78 Å². The summed E-state index contributed by atoms with van der Waals surface area (Å²) >= 11 is 12.0. The van der Waals surface area contributed by atoms with Gasteiger partial charge in [0.25, 0.3) is 0 Å². The molecule has 1 heterocycles. The fraction of sp³-hybridized carbons (Fsp3) is 0.0714. The second-order valence-corrected chi connectivity index (χ2v) is 4.90. The fourth-order valence-electron chi connectivity index (χ4n) is 2.11. The van der Waals surface area contributed by atoms with Crippen molar-refractivity contribution in [2.45, 2.75) is 5.88 Å². The summed E-state index contributed by atoms with van der Waals surface area (Å²) in [5.74, 6) is -0.279. The molecule has 0 saturated heterocycles. The van der Waals surface area contributed by atoms with E-state index in [1.165, 1.54) is 30.3 Å². The third-order valence-corrected chi connectivity index (χ3v) is 3.51. The van der Waals surface area contributed by atoms with E-state index in [2.05, 4.69) is 4.98 Å². The van der Waals surface area contributed by atoms with Gasteiger partial charge < -0.3 is 0 Å². The summed E-state index contributed by atoms with van der Waals surface area (Å²) in [5, 5.41) is 0.335. The molecule has 1 aromatic heterocycles. The molecule has 0 atom stereocenters. The minimum atomic E-state index is -0.442. The number of hydrogen-bond donors (Lipinski definition) is 0. The van der Waals surface area contributed by atoms with Gasteiger partial charge in [-0.2, -0.15) is 0 Å². The van der Waals surface area contributed by atoms with Crippen LogP contribution in [0, 0.1) is 11.6 Å². The van der Waals surface area contributed by atoms with Crippen LogP contribution in [-0.2, 0) is 5.88 Å². The van der Waals surface area contributed by atoms with Gasteiger partial charge in [-0.15, -0.1) is 11.6 Å². The smallest absolute Gasteiger partial charge is 0.129 e. The van der Waals surface area contributed by atoms with E-state index in [-0.39, 0.29) is 5.88 Å². The topological polar surface area (TPSA) is 17.8 Å². The number of fused-ring (bicyclic) bond motifs is 1. The zero-order valence-electron chi connectivity index (χ0n) is 10.1. The van der Waals surface area contributed by atoms with E-state index in [0.29, 0.717) is 27.6 Å². The molecule has 3 rings (SSSR count). The van der Waals surface area contributed by atoms with Crippen LogP contribution < -0.4 is 0 Å². The molecule has 6 heteroatoms. The Labute approximate surface area is 123 Å². The first-order chi connectivity index (χ1) is 9.60. The third-order valence-electron chi connectivity index (χ3n) is 2.95. The van der Waals surface area contributed by atoms with Gasteiger partial charge in [0, 0.05) is 6.07 Å². The molecule has 0 aliphatic rings. The van der Waals surface area contributed by atoms with Crippen molar-refractivity contribution in [1.29, 1.82) is 0 Å². The Bertz CT molecular complexity index is 799. The number of aromatic nitrogens is 2. The zero-order chi connectivity index (χ0) is 14.3. The quantitative estimate of drug-likeness (QED) is 0.627. The first-order valence-electron chi connectivity index (χ1n) is 5.78. The maximum absolute atomic E-state index is 13.5. The summed E-state index contributed by atoms with van der Waals surface area (Å²) in [6, 6.07) is 8.14. The van der Waals surface area contributed by atoms with Gasteiger partial charge in [0.1, 0.15) is 17.5 Å². The molecule has 2 nitrogen and oxygen atoms in total. The highest BCUT2D eigenvalue weighted by Gasteiger charge is 2.15. The van der Waals surface area contributed by atoms with E-state index in [1.54, 1.807) is 10.6 Å². The lowest BCUT2D eigenvalue weighted by molar-refractivity contribution is 0.626. The van der Waals surface area contributed by atoms with Crippen molar-refractivity contribution in [2.24, 2.45) is 0 Å². The monoisotopic (exact) mass is 312 g/mol. The van der Waals surface area contributed by atoms with Crippen LogP contribution in [0.25, 0.3) is 16.7 Å². The summed E-state index contributed by atoms with van der Waals surface area (Å²) in [6.07, 6.45) is 0. The summed E-state index contributed by atoms with van der Waals surface area (Å²) < 4.78 is 28.5. The fourth-order valence-corrected chi connectivity index (χ4v) is 2.50. The molecule has 2 aromatic carbocycles. The second kappa shape index (κ2) is 5.04. The van der Waals surface area contributed by atoms with Crippen LogP contribution in [0.15, 0.2) is 36.4 Å². The number of imidazole rings is 1. The molecular weight excluding hydrogens is 305 g/mol. The average molecular weight is 313 g/mol. The van der Waals surface area contributed by atoms with Crippen molar-refractivity contribution in [2.75, 3.05) is 0 Å². The molecule has 0 bridgehead atoms. The highest BCUT2D eigenvalue weighted by molar-refractivity contribution is 6.32. The number of benzene rings is 2. The first kappa shape index (κ1) is 13.3. The highest BCUT2D eigenvalue weighted by atomic mass is 35.5. The molecule has 0 unspecified atom stereocenters. The van der Waals surface area contributed by atoms with Gasteiger partial charge in [-0.1, -0.05) is 11.6 Å². The molecule has 102 valence electrons. The standard InChI is InChI=1S/C14H8Cl2F2N2/c15-7-14-19-11-4-2-9(18)6-13(11)20(14)12-5-8(17)1-3-10(12)16/h1-6H,7H2. The second-order valence-electron chi connectivity index (χ2n) is 4.23. The Hall–Kier alpha value is -1.65. The first-order valence-corrected chi connectivity index (χ1v) is 6.69. The Balaban J connectivity index is 2.39. The Morgan fingerprint density at radius 3 is 2.50 bits per heavy atom. The molecule has 0 aliphatic carbocycles. The van der Waals surface area contributed by atoms with Crippen molar-refractivity contribution in [3.05, 3.63) is 58.9 Å². The Kier molecular flexibility index (Phi) is 3.36. The largest absolute Gasteiger partial charge is 0.294 e. The van der Waals surface area contributed by atoms with Crippen LogP contribution in [0.1, 0.15) is 5.82 Å². The molecule has 0 N–H and O–H groups in total. The van der Waals surface area contributed by atoms with E-state index < -0.39 is 11.6 Å². The van der Waals surface area contributed by atoms with Crippen LogP contribution in [-0.4, -0.2) is 9.55 Å². The van der Waals surface area contributed by atoms with E-state index in [1.807, 2.05) is 0 Å². The molecule has 20 heavy (non-hydrogen) atoms. The summed E-state index contributed by atoms with van der Waals surface area (Å²) in [5.41, 5.74) is 1.45. The molecular formula is C14H8Cl2F2N2. The molecule has 0 amide bonds. The minimum Gasteiger partial charge on any atom is -0.294 e. The zero-order valence-corrected chi connectivity index (χ0v) is 11.6. The van der Waals surface area contributed by atoms with Crippen LogP contribution in [0.4, 0.5) is 8.78 Å². The normalized spacial score (nSPS) is 11.2. The average Bonchev–Trinajstić information content (AvgIpc) is 2.79. The molecule has 0 aliphatic heterocycles. The van der Waals surface area contributed by atoms with Gasteiger partial charge in [-0.3, -0.25) is 4.57 Å². The van der Waals surface area contributed by atoms with Crippen LogP contribution >= 0.6 is 23.2 Å². The molecule has 0 spiro atoms. The predicted molar refractivity (Wildman–Crippen MR) is 75.6 cm³/mol. The summed E-state index contributed by atoms with van der Waals surface area (Å²) in [4.78, 5) is 4.30. The summed E-state index contributed by atoms with van der Waals surface area (Å²) in [6.45, 7) is 0. The Morgan fingerprint density at radius 1 is 1.05 bits per heavy atom. The van der Waals surface area contributed by atoms with Crippen molar-refractivity contribution in [3.8, 4) is 5.69 Å². The number of halogens is 4. The van der Waals surface area contributed by atoms with Crippen LogP contribution in [0.5, 0.6) is 0 Å². The van der Waals surface area contributed by atoms with Gasteiger partial charge in [-0.05, 0) is 30.3 Å². The van der Waals surface area contributed by atoms with Crippen molar-refractivity contribution >= 4 is 34.2 Å². The van der Waals surface area contributed by atoms with Crippen LogP contribution in [0.3, 0.4) is 0 Å². The van der Waals surface area contributed by atoms with E-state index >= 15 is 0 Å². The maximum Gasteiger partial charge on any atom is 0.129 e. The third kappa shape index (κ3) is 2.15. The molecule has 0 radical (unpaired) electrons. The minimum absolute atomic E-state index is 0.100. The van der Waals surface area contributed by atoms with E-state index in [4.69, 9.17) is 23.2 Å². The summed E-state index contributed by atoms with van der Waals surface area (Å²) in [7, 11) is 0. The lowest BCUT2D eigenvalue weighted by Crippen LogP contribution is -2.01. The maximum atomic E-state index is 13.5. The number of hydrogen-bond acceptors (Lipinski definition) is 1. The van der Waals surface area contributed by atoms with E-state index in [0.717, 1.165) is 0 Å². The SMILES string of the molecule is Fc1ccc(Cl)c(-n2c(CCl)nc3ccc(F)cc32)c1. The predicted octanol–water partition coefficient (Wildman–Crippen LogP) is 4.70. The molecule has 3 aromatic rings. The van der Waals surface area contributed by atoms with Crippen molar-refractivity contribution in [3.63, 3.8) is 0 Å². The van der Waals surface area contributed by atoms with Gasteiger partial charge in [-0.25, -0.2) is 13.8 Å². The Morgan fingerprint density at radius 2 is 1.75 bits per heavy atom. The molecule has 0 saturated carbocycles. The lowest BCUT2D eigenvalue weighted by atomic mass is 10.2. The highest BCUT2D eigenvalue weighted by Crippen LogP contribution is 2.28. The van der Waals surface area contributed by atoms with E-state index in [9.17, 15) is 8.78 Å². The van der Waals surface area contributed by atoms with Gasteiger partial charge in [0.2, 0.25) is 0 Å². The molecule has 0 fully saturated rings. The number of rotatable bonds is 2. The number of alkyl halides is 1. The van der Waals surface area contributed by atoms with Gasteiger partial charge in [0.05, 0.1) is 27.6 Å².